The van der Waals surface area contributed by atoms with Gasteiger partial charge in [0.1, 0.15) is 9.79 Å². The van der Waals surface area contributed by atoms with E-state index < -0.39 is 25.6 Å². The van der Waals surface area contributed by atoms with E-state index in [0.717, 1.165) is 16.7 Å². The maximum atomic E-state index is 12.7. The van der Waals surface area contributed by atoms with E-state index in [1.165, 1.54) is 18.2 Å². The Hall–Kier alpha value is -0.970. The topological polar surface area (TPSA) is 101 Å². The summed E-state index contributed by atoms with van der Waals surface area (Å²) in [5.41, 5.74) is 2.64. The molecule has 186 valence electrons. The molecule has 0 saturated carbocycles. The molecule has 0 aliphatic heterocycles. The Morgan fingerprint density at radius 2 is 1.57 bits per heavy atom. The van der Waals surface area contributed by atoms with Gasteiger partial charge in [-0.1, -0.05) is 75.7 Å². The molecule has 0 saturated heterocycles. The SMILES string of the molecule is CC(C)c1ccc2c(CCC(C)(C)CNS(=O)(=O)c3ccccc3Cl)cc(S(=O)(=O)O)c-2cc1.[H-].[Na+]. The maximum absolute atomic E-state index is 12.7. The molecule has 0 aromatic heterocycles. The average molecular weight is 548 g/mol. The van der Waals surface area contributed by atoms with Gasteiger partial charge in [0.15, 0.2) is 0 Å². The zero-order valence-corrected chi connectivity index (χ0v) is 25.1. The zero-order chi connectivity index (χ0) is 25.3. The first kappa shape index (κ1) is 30.3. The maximum Gasteiger partial charge on any atom is 1.00 e. The fourth-order valence-corrected chi connectivity index (χ4v) is 6.31. The van der Waals surface area contributed by atoms with Gasteiger partial charge in [-0.2, -0.15) is 8.42 Å². The molecular weight excluding hydrogens is 517 g/mol. The molecule has 1 aromatic carbocycles. The van der Waals surface area contributed by atoms with Gasteiger partial charge < -0.3 is 1.43 Å². The zero-order valence-electron chi connectivity index (χ0n) is 21.7. The van der Waals surface area contributed by atoms with E-state index in [4.69, 9.17) is 11.6 Å². The molecule has 3 rings (SSSR count). The summed E-state index contributed by atoms with van der Waals surface area (Å²) in [6, 6.07) is 15.2. The predicted molar refractivity (Wildman–Crippen MR) is 137 cm³/mol. The van der Waals surface area contributed by atoms with Gasteiger partial charge in [0.2, 0.25) is 10.0 Å². The summed E-state index contributed by atoms with van der Waals surface area (Å²) < 4.78 is 61.9. The van der Waals surface area contributed by atoms with Gasteiger partial charge in [0.25, 0.3) is 10.1 Å². The number of halogens is 1. The van der Waals surface area contributed by atoms with E-state index in [-0.39, 0.29) is 58.3 Å². The summed E-state index contributed by atoms with van der Waals surface area (Å²) in [6.07, 6.45) is 1.09. The van der Waals surface area contributed by atoms with Crippen LogP contribution in [0.2, 0.25) is 5.02 Å². The molecule has 0 atom stereocenters. The Kier molecular flexibility index (Phi) is 10.0. The van der Waals surface area contributed by atoms with Crippen LogP contribution in [0.4, 0.5) is 0 Å². The number of rotatable bonds is 9. The summed E-state index contributed by atoms with van der Waals surface area (Å²) in [4.78, 5) is -0.0821. The minimum atomic E-state index is -4.39. The Labute approximate surface area is 237 Å². The van der Waals surface area contributed by atoms with Crippen molar-refractivity contribution in [1.29, 1.82) is 0 Å². The molecule has 35 heavy (non-hydrogen) atoms. The van der Waals surface area contributed by atoms with Crippen LogP contribution in [0.5, 0.6) is 0 Å². The first-order valence-electron chi connectivity index (χ1n) is 11.0. The monoisotopic (exact) mass is 547 g/mol. The van der Waals surface area contributed by atoms with Crippen molar-refractivity contribution < 1.29 is 52.4 Å². The quantitative estimate of drug-likeness (QED) is 0.317. The third-order valence-electron chi connectivity index (χ3n) is 5.97. The molecule has 0 fully saturated rings. The van der Waals surface area contributed by atoms with Gasteiger partial charge in [-0.3, -0.25) is 4.55 Å². The smallest absolute Gasteiger partial charge is 1.00 e. The van der Waals surface area contributed by atoms with Crippen molar-refractivity contribution in [3.8, 4) is 11.1 Å². The molecule has 0 bridgehead atoms. The van der Waals surface area contributed by atoms with Crippen molar-refractivity contribution in [2.24, 2.45) is 5.41 Å². The molecule has 0 heterocycles. The Bertz CT molecular complexity index is 1380. The van der Waals surface area contributed by atoms with Crippen LogP contribution in [-0.2, 0) is 26.6 Å². The molecule has 2 N–H and O–H groups in total. The van der Waals surface area contributed by atoms with Crippen LogP contribution in [0.1, 0.15) is 52.6 Å². The third kappa shape index (κ3) is 7.52. The van der Waals surface area contributed by atoms with E-state index in [2.05, 4.69) is 18.6 Å². The van der Waals surface area contributed by atoms with Crippen molar-refractivity contribution in [1.82, 2.24) is 4.72 Å². The number of fused-ring (bicyclic) bond motifs is 1. The second-order valence-corrected chi connectivity index (χ2v) is 13.1. The van der Waals surface area contributed by atoms with E-state index in [0.29, 0.717) is 18.4 Å². The number of hydrogen-bond acceptors (Lipinski definition) is 4. The van der Waals surface area contributed by atoms with Crippen LogP contribution in [0.3, 0.4) is 0 Å². The summed E-state index contributed by atoms with van der Waals surface area (Å²) in [7, 11) is -8.17. The summed E-state index contributed by atoms with van der Waals surface area (Å²) in [5.74, 6) is 0.263. The number of hydrogen-bond donors (Lipinski definition) is 2. The summed E-state index contributed by atoms with van der Waals surface area (Å²) in [5, 5.41) is 0.155. The molecule has 1 aromatic rings. The fourth-order valence-electron chi connectivity index (χ4n) is 3.80. The van der Waals surface area contributed by atoms with Crippen LogP contribution >= 0.6 is 11.6 Å². The van der Waals surface area contributed by atoms with Crippen LogP contribution in [-0.4, -0.2) is 27.9 Å². The predicted octanol–water partition coefficient (Wildman–Crippen LogP) is 2.87. The molecule has 0 radical (unpaired) electrons. The average Bonchev–Trinajstić information content (AvgIpc) is 2.94. The molecule has 2 aliphatic carbocycles. The van der Waals surface area contributed by atoms with Crippen molar-refractivity contribution in [3.05, 3.63) is 70.7 Å². The fraction of sp³-hybridized carbons (Fsp3) is 0.360. The Morgan fingerprint density at radius 1 is 0.971 bits per heavy atom. The van der Waals surface area contributed by atoms with Gasteiger partial charge in [-0.15, -0.1) is 0 Å². The van der Waals surface area contributed by atoms with Gasteiger partial charge in [0.05, 0.1) is 5.02 Å². The van der Waals surface area contributed by atoms with Crippen molar-refractivity contribution in [3.63, 3.8) is 0 Å². The molecular formula is C25H31ClNNaO5S2. The Morgan fingerprint density at radius 3 is 2.14 bits per heavy atom. The van der Waals surface area contributed by atoms with Crippen molar-refractivity contribution in [2.45, 2.75) is 56.2 Å². The number of sulfonamides is 1. The Balaban J connectivity index is 0.00000324. The molecule has 0 unspecified atom stereocenters. The van der Waals surface area contributed by atoms with Crippen LogP contribution in [0, 0.1) is 5.41 Å². The standard InChI is InChI=1S/C25H30ClNO5S2.Na.H/c1-17(2)18-9-11-20-19(15-24(34(30,31)32)21(20)12-10-18)13-14-25(3,4)16-27-33(28,29)23-8-6-5-7-22(23)26;;/h5-12,15,17,27H,13-14,16H2,1-4H3,(H,30,31,32);;/q;+1;-1. The first-order chi connectivity index (χ1) is 15.7. The van der Waals surface area contributed by atoms with Crippen molar-refractivity contribution >= 4 is 31.7 Å². The van der Waals surface area contributed by atoms with Gasteiger partial charge >= 0.3 is 29.6 Å². The second kappa shape index (κ2) is 11.6. The minimum absolute atomic E-state index is 0. The number of benzene rings is 1. The molecule has 10 heteroatoms. The minimum Gasteiger partial charge on any atom is -1.00 e. The third-order valence-corrected chi connectivity index (χ3v) is 8.77. The number of nitrogens with one attached hydrogen (secondary N) is 1. The van der Waals surface area contributed by atoms with Gasteiger partial charge in [-0.05, 0) is 59.1 Å². The van der Waals surface area contributed by atoms with E-state index in [1.807, 2.05) is 32.0 Å². The summed E-state index contributed by atoms with van der Waals surface area (Å²) >= 11 is 6.05. The van der Waals surface area contributed by atoms with Crippen LogP contribution in [0.15, 0.2) is 64.4 Å². The normalized spacial score (nSPS) is 12.7. The largest absolute Gasteiger partial charge is 1.00 e. The van der Waals surface area contributed by atoms with Crippen molar-refractivity contribution in [2.75, 3.05) is 6.54 Å². The van der Waals surface area contributed by atoms with Crippen LogP contribution in [0.25, 0.3) is 11.1 Å². The molecule has 2 aliphatic rings. The van der Waals surface area contributed by atoms with E-state index in [9.17, 15) is 21.4 Å². The van der Waals surface area contributed by atoms with E-state index in [1.54, 1.807) is 18.2 Å². The number of aryl methyl sites for hydroxylation is 1. The van der Waals surface area contributed by atoms with Gasteiger partial charge in [0, 0.05) is 12.1 Å². The summed E-state index contributed by atoms with van der Waals surface area (Å²) in [6.45, 7) is 8.16. The van der Waals surface area contributed by atoms with Crippen LogP contribution < -0.4 is 34.3 Å². The molecule has 0 amide bonds. The molecule has 6 nitrogen and oxygen atoms in total. The van der Waals surface area contributed by atoms with E-state index >= 15 is 0 Å². The van der Waals surface area contributed by atoms with Gasteiger partial charge in [-0.25, -0.2) is 13.1 Å². The molecule has 0 spiro atoms. The second-order valence-electron chi connectivity index (χ2n) is 9.58. The first-order valence-corrected chi connectivity index (χ1v) is 14.3.